The number of carbonyl (C=O) groups excluding carboxylic acids is 4. The van der Waals surface area contributed by atoms with Crippen molar-refractivity contribution >= 4 is 44.4 Å². The van der Waals surface area contributed by atoms with Gasteiger partial charge in [0.05, 0.1) is 42.7 Å². The number of carbonyl (C=O) groups is 4. The van der Waals surface area contributed by atoms with E-state index in [2.05, 4.69) is 16.3 Å². The molecule has 1 aromatic carbocycles. The molecule has 5 atom stereocenters. The molecular formula is C37H47N3O9S. The number of nitrogens with one attached hydrogen (secondary N) is 1. The van der Waals surface area contributed by atoms with Crippen LogP contribution in [0.15, 0.2) is 43.1 Å². The van der Waals surface area contributed by atoms with Gasteiger partial charge in [-0.2, -0.15) is 0 Å². The summed E-state index contributed by atoms with van der Waals surface area (Å²) in [6.07, 6.45) is 5.99. The van der Waals surface area contributed by atoms with Crippen molar-refractivity contribution in [3.63, 3.8) is 0 Å². The van der Waals surface area contributed by atoms with Crippen LogP contribution in [0.2, 0.25) is 0 Å². The molecule has 0 bridgehead atoms. The van der Waals surface area contributed by atoms with E-state index in [0.29, 0.717) is 24.5 Å². The van der Waals surface area contributed by atoms with Gasteiger partial charge in [0.25, 0.3) is 0 Å². The molecule has 4 fully saturated rings. The molecule has 270 valence electrons. The second kappa shape index (κ2) is 13.6. The summed E-state index contributed by atoms with van der Waals surface area (Å²) in [5.41, 5.74) is -1.93. The molecule has 2 amide bonds. The van der Waals surface area contributed by atoms with E-state index < -0.39 is 56.0 Å². The third-order valence-corrected chi connectivity index (χ3v) is 12.6. The van der Waals surface area contributed by atoms with Crippen LogP contribution < -0.4 is 14.2 Å². The first-order valence-electron chi connectivity index (χ1n) is 17.5. The standard InChI is InChI=1S/C37H47N3O9S/c1-6-23-19-37(23,35(44)39-50(45,46)27-11-12-27)20-31(41)30-17-26(49-33-28-13-10-25(47-5)16-22(28)14-15-38-33)21-40(30)34(43)29(36(2,3)4)18-32(42)48-24-8-7-9-24/h6,10,13-16,23-24,26-27,29-30H,1,7-9,11-12,17-21H2,2-5H3,(H,39,44)/t23-,26?,29-,30+,37-/m1/s1. The number of pyridine rings is 1. The highest BCUT2D eigenvalue weighted by molar-refractivity contribution is 7.90. The highest BCUT2D eigenvalue weighted by Gasteiger charge is 2.61. The largest absolute Gasteiger partial charge is 0.497 e. The number of hydrogen-bond donors (Lipinski definition) is 1. The van der Waals surface area contributed by atoms with Gasteiger partial charge in [-0.15, -0.1) is 6.58 Å². The number of allylic oxidation sites excluding steroid dienone is 1. The van der Waals surface area contributed by atoms with Crippen LogP contribution in [0.25, 0.3) is 10.8 Å². The Bertz CT molecular complexity index is 1800. The molecule has 1 aliphatic heterocycles. The fraction of sp³-hybridized carbons (Fsp3) is 0.595. The normalized spacial score (nSPS) is 25.7. The van der Waals surface area contributed by atoms with Crippen LogP contribution >= 0.6 is 0 Å². The second-order valence-electron chi connectivity index (χ2n) is 15.4. The van der Waals surface area contributed by atoms with Crippen LogP contribution in [0.5, 0.6) is 11.6 Å². The lowest BCUT2D eigenvalue weighted by Gasteiger charge is -2.35. The number of benzene rings is 1. The quantitative estimate of drug-likeness (QED) is 0.219. The molecule has 0 spiro atoms. The van der Waals surface area contributed by atoms with E-state index in [1.807, 2.05) is 39.0 Å². The summed E-state index contributed by atoms with van der Waals surface area (Å²) in [6, 6.07) is 6.34. The molecule has 50 heavy (non-hydrogen) atoms. The highest BCUT2D eigenvalue weighted by Crippen LogP contribution is 2.57. The number of sulfonamides is 1. The minimum atomic E-state index is -3.84. The molecule has 12 nitrogen and oxygen atoms in total. The van der Waals surface area contributed by atoms with Crippen molar-refractivity contribution in [2.75, 3.05) is 13.7 Å². The molecule has 3 aliphatic carbocycles. The Morgan fingerprint density at radius 3 is 2.46 bits per heavy atom. The molecule has 13 heteroatoms. The zero-order valence-electron chi connectivity index (χ0n) is 29.2. The minimum Gasteiger partial charge on any atom is -0.497 e. The van der Waals surface area contributed by atoms with Crippen LogP contribution in [-0.4, -0.2) is 79.0 Å². The maximum atomic E-state index is 14.5. The Balaban J connectivity index is 1.27. The summed E-state index contributed by atoms with van der Waals surface area (Å²) in [5.74, 6) is -2.11. The predicted octanol–water partition coefficient (Wildman–Crippen LogP) is 4.50. The number of rotatable bonds is 14. The van der Waals surface area contributed by atoms with Crippen molar-refractivity contribution in [3.8, 4) is 11.6 Å². The Labute approximate surface area is 293 Å². The molecule has 3 saturated carbocycles. The summed E-state index contributed by atoms with van der Waals surface area (Å²) in [5, 5.41) is 0.964. The zero-order chi connectivity index (χ0) is 36.0. The maximum absolute atomic E-state index is 14.5. The van der Waals surface area contributed by atoms with Gasteiger partial charge >= 0.3 is 5.97 Å². The highest BCUT2D eigenvalue weighted by atomic mass is 32.2. The predicted molar refractivity (Wildman–Crippen MR) is 185 cm³/mol. The van der Waals surface area contributed by atoms with Crippen molar-refractivity contribution in [2.24, 2.45) is 22.7 Å². The smallest absolute Gasteiger partial charge is 0.306 e. The van der Waals surface area contributed by atoms with Gasteiger partial charge in [-0.1, -0.05) is 26.8 Å². The Hall–Kier alpha value is -4.00. The van der Waals surface area contributed by atoms with Crippen molar-refractivity contribution in [3.05, 3.63) is 43.1 Å². The van der Waals surface area contributed by atoms with Crippen LogP contribution in [0.4, 0.5) is 0 Å². The lowest BCUT2D eigenvalue weighted by atomic mass is 9.77. The summed E-state index contributed by atoms with van der Waals surface area (Å²) in [4.78, 5) is 61.3. The van der Waals surface area contributed by atoms with Gasteiger partial charge in [0.15, 0.2) is 5.78 Å². The van der Waals surface area contributed by atoms with E-state index in [1.165, 1.54) is 4.90 Å². The van der Waals surface area contributed by atoms with E-state index in [0.717, 1.165) is 30.0 Å². The molecular weight excluding hydrogens is 662 g/mol. The lowest BCUT2D eigenvalue weighted by molar-refractivity contribution is -0.159. The van der Waals surface area contributed by atoms with Crippen LogP contribution in [0, 0.1) is 22.7 Å². The Morgan fingerprint density at radius 2 is 1.86 bits per heavy atom. The summed E-state index contributed by atoms with van der Waals surface area (Å²) < 4.78 is 45.0. The van der Waals surface area contributed by atoms with E-state index in [-0.39, 0.29) is 55.9 Å². The lowest BCUT2D eigenvalue weighted by Crippen LogP contribution is -2.48. The number of ether oxygens (including phenoxy) is 3. The SMILES string of the molecule is C=C[C@@H]1C[C@]1(CC(=O)[C@@H]1CC(Oc2nccc3cc(OC)ccc23)CN1C(=O)[C@@H](CC(=O)OC1CCC1)C(C)(C)C)C(=O)NS(=O)(=O)C1CC1. The van der Waals surface area contributed by atoms with Gasteiger partial charge in [0.2, 0.25) is 27.7 Å². The van der Waals surface area contributed by atoms with Crippen molar-refractivity contribution in [2.45, 2.75) is 102 Å². The monoisotopic (exact) mass is 709 g/mol. The number of likely N-dealkylation sites (tertiary alicyclic amines) is 1. The van der Waals surface area contributed by atoms with Crippen molar-refractivity contribution < 1.29 is 41.8 Å². The van der Waals surface area contributed by atoms with Crippen molar-refractivity contribution in [1.82, 2.24) is 14.6 Å². The van der Waals surface area contributed by atoms with Gasteiger partial charge < -0.3 is 19.1 Å². The first-order valence-corrected chi connectivity index (χ1v) is 19.0. The van der Waals surface area contributed by atoms with E-state index in [9.17, 15) is 27.6 Å². The number of hydrogen-bond acceptors (Lipinski definition) is 10. The molecule has 1 saturated heterocycles. The number of fused-ring (bicyclic) bond motifs is 1. The number of Topliss-reactive ketones (excluding diaryl/α,β-unsaturated/α-hetero) is 1. The molecule has 6 rings (SSSR count). The molecule has 4 aliphatic rings. The number of aromatic nitrogens is 1. The van der Waals surface area contributed by atoms with Gasteiger partial charge in [-0.25, -0.2) is 13.4 Å². The topological polar surface area (TPSA) is 158 Å². The second-order valence-corrected chi connectivity index (χ2v) is 17.3. The summed E-state index contributed by atoms with van der Waals surface area (Å²) >= 11 is 0. The minimum absolute atomic E-state index is 0.0495. The third kappa shape index (κ3) is 7.38. The molecule has 0 radical (unpaired) electrons. The first-order chi connectivity index (χ1) is 23.6. The Morgan fingerprint density at radius 1 is 1.12 bits per heavy atom. The maximum Gasteiger partial charge on any atom is 0.306 e. The van der Waals surface area contributed by atoms with Gasteiger partial charge in [-0.3, -0.25) is 23.9 Å². The van der Waals surface area contributed by atoms with E-state index in [4.69, 9.17) is 14.2 Å². The average Bonchev–Trinajstić information content (AvgIpc) is 3.97. The molecule has 1 unspecified atom stereocenters. The average molecular weight is 710 g/mol. The van der Waals surface area contributed by atoms with Crippen molar-refractivity contribution in [1.29, 1.82) is 0 Å². The van der Waals surface area contributed by atoms with Crippen LogP contribution in [0.1, 0.15) is 78.6 Å². The van der Waals surface area contributed by atoms with Gasteiger partial charge in [0, 0.05) is 24.4 Å². The fourth-order valence-electron chi connectivity index (χ4n) is 7.10. The van der Waals surface area contributed by atoms with E-state index in [1.54, 1.807) is 25.4 Å². The first kappa shape index (κ1) is 35.8. The zero-order valence-corrected chi connectivity index (χ0v) is 30.0. The Kier molecular flexibility index (Phi) is 9.75. The third-order valence-electron chi connectivity index (χ3n) is 10.8. The molecule has 2 heterocycles. The van der Waals surface area contributed by atoms with Gasteiger partial charge in [0.1, 0.15) is 18.0 Å². The fourth-order valence-corrected chi connectivity index (χ4v) is 8.49. The van der Waals surface area contributed by atoms with Crippen LogP contribution in [0.3, 0.4) is 0 Å². The summed E-state index contributed by atoms with van der Waals surface area (Å²) in [6.45, 7) is 9.49. The summed E-state index contributed by atoms with van der Waals surface area (Å²) in [7, 11) is -2.26. The molecule has 1 aromatic heterocycles. The van der Waals surface area contributed by atoms with Gasteiger partial charge in [-0.05, 0) is 79.5 Å². The number of amides is 2. The number of ketones is 1. The number of esters is 1. The number of methoxy groups -OCH3 is 1. The molecule has 1 N–H and O–H groups in total. The van der Waals surface area contributed by atoms with Crippen LogP contribution in [-0.2, 0) is 33.9 Å². The number of nitrogens with zero attached hydrogens (tertiary/aromatic N) is 2. The molecule has 2 aromatic rings. The van der Waals surface area contributed by atoms with E-state index >= 15 is 0 Å².